The van der Waals surface area contributed by atoms with Crippen LogP contribution in [0.4, 0.5) is 0 Å². The largest absolute Gasteiger partial charge is 0.377 e. The van der Waals surface area contributed by atoms with E-state index in [0.717, 1.165) is 0 Å². The van der Waals surface area contributed by atoms with Gasteiger partial charge in [-0.25, -0.2) is 0 Å². The first kappa shape index (κ1) is 10.5. The lowest BCUT2D eigenvalue weighted by Gasteiger charge is -2.31. The Bertz CT molecular complexity index is 194. The van der Waals surface area contributed by atoms with Crippen LogP contribution >= 0.6 is 0 Å². The highest BCUT2D eigenvalue weighted by Gasteiger charge is 2.30. The van der Waals surface area contributed by atoms with Crippen LogP contribution in [0.3, 0.4) is 0 Å². The average molecular weight is 186 g/mol. The molecular formula is C9H18N2O2. The van der Waals surface area contributed by atoms with Crippen molar-refractivity contribution >= 4 is 5.91 Å². The van der Waals surface area contributed by atoms with E-state index in [2.05, 4.69) is 5.32 Å². The predicted molar refractivity (Wildman–Crippen MR) is 50.2 cm³/mol. The van der Waals surface area contributed by atoms with Gasteiger partial charge < -0.3 is 15.8 Å². The Balaban J connectivity index is 2.37. The predicted octanol–water partition coefficient (Wildman–Crippen LogP) is -0.125. The van der Waals surface area contributed by atoms with Crippen molar-refractivity contribution in [2.75, 3.05) is 13.2 Å². The summed E-state index contributed by atoms with van der Waals surface area (Å²) >= 11 is 0. The van der Waals surface area contributed by atoms with Crippen LogP contribution < -0.4 is 11.1 Å². The van der Waals surface area contributed by atoms with Gasteiger partial charge in [0.05, 0.1) is 25.3 Å². The zero-order valence-corrected chi connectivity index (χ0v) is 8.46. The molecule has 0 unspecified atom stereocenters. The zero-order chi connectivity index (χ0) is 10.1. The lowest BCUT2D eigenvalue weighted by Crippen LogP contribution is -2.56. The van der Waals surface area contributed by atoms with E-state index in [9.17, 15) is 4.79 Å². The summed E-state index contributed by atoms with van der Waals surface area (Å²) in [6.07, 6.45) is 0. The minimum Gasteiger partial charge on any atom is -0.377 e. The third-order valence-electron chi connectivity index (χ3n) is 2.20. The van der Waals surface area contributed by atoms with Crippen LogP contribution in [0.25, 0.3) is 0 Å². The summed E-state index contributed by atoms with van der Waals surface area (Å²) in [6.45, 7) is 7.09. The van der Waals surface area contributed by atoms with E-state index in [1.807, 2.05) is 20.8 Å². The molecule has 76 valence electrons. The van der Waals surface area contributed by atoms with Gasteiger partial charge in [0.2, 0.25) is 5.91 Å². The first-order chi connectivity index (χ1) is 5.91. The Morgan fingerprint density at radius 1 is 1.54 bits per heavy atom. The van der Waals surface area contributed by atoms with Crippen molar-refractivity contribution in [1.82, 2.24) is 5.32 Å². The second-order valence-corrected chi connectivity index (χ2v) is 4.59. The summed E-state index contributed by atoms with van der Waals surface area (Å²) in [6, 6.07) is -0.283. The SMILES string of the molecule is CC(C)(C)[C@H](N)C(=O)NC1COC1. The van der Waals surface area contributed by atoms with Gasteiger partial charge in [-0.1, -0.05) is 20.8 Å². The first-order valence-corrected chi connectivity index (χ1v) is 4.55. The van der Waals surface area contributed by atoms with E-state index in [-0.39, 0.29) is 17.4 Å². The summed E-state index contributed by atoms with van der Waals surface area (Å²) in [5.41, 5.74) is 5.58. The van der Waals surface area contributed by atoms with E-state index in [0.29, 0.717) is 13.2 Å². The monoisotopic (exact) mass is 186 g/mol. The maximum atomic E-state index is 11.5. The van der Waals surface area contributed by atoms with Crippen LogP contribution in [-0.2, 0) is 9.53 Å². The molecule has 1 aliphatic heterocycles. The van der Waals surface area contributed by atoms with Crippen molar-refractivity contribution < 1.29 is 9.53 Å². The smallest absolute Gasteiger partial charge is 0.237 e. The average Bonchev–Trinajstić information content (AvgIpc) is 1.93. The summed E-state index contributed by atoms with van der Waals surface area (Å²) < 4.78 is 4.95. The zero-order valence-electron chi connectivity index (χ0n) is 8.46. The minimum atomic E-state index is -0.451. The van der Waals surface area contributed by atoms with Crippen molar-refractivity contribution in [1.29, 1.82) is 0 Å². The number of carbonyl (C=O) groups excluding carboxylic acids is 1. The quantitative estimate of drug-likeness (QED) is 0.631. The lowest BCUT2D eigenvalue weighted by molar-refractivity contribution is -0.128. The normalized spacial score (nSPS) is 20.6. The molecule has 0 aromatic rings. The first-order valence-electron chi connectivity index (χ1n) is 4.55. The molecule has 1 amide bonds. The molecule has 1 saturated heterocycles. The highest BCUT2D eigenvalue weighted by atomic mass is 16.5. The Morgan fingerprint density at radius 2 is 2.08 bits per heavy atom. The van der Waals surface area contributed by atoms with Crippen molar-refractivity contribution in [3.05, 3.63) is 0 Å². The second-order valence-electron chi connectivity index (χ2n) is 4.59. The molecular weight excluding hydrogens is 168 g/mol. The number of nitrogens with one attached hydrogen (secondary N) is 1. The van der Waals surface area contributed by atoms with Crippen molar-refractivity contribution in [2.45, 2.75) is 32.9 Å². The van der Waals surface area contributed by atoms with Crippen LogP contribution in [0.1, 0.15) is 20.8 Å². The van der Waals surface area contributed by atoms with E-state index >= 15 is 0 Å². The van der Waals surface area contributed by atoms with Gasteiger partial charge in [0.15, 0.2) is 0 Å². The van der Waals surface area contributed by atoms with Gasteiger partial charge >= 0.3 is 0 Å². The minimum absolute atomic E-state index is 0.0826. The summed E-state index contributed by atoms with van der Waals surface area (Å²) in [5.74, 6) is -0.0826. The highest BCUT2D eigenvalue weighted by molar-refractivity contribution is 5.82. The Kier molecular flexibility index (Phi) is 2.93. The second kappa shape index (κ2) is 3.64. The van der Waals surface area contributed by atoms with Crippen molar-refractivity contribution in [2.24, 2.45) is 11.1 Å². The molecule has 1 heterocycles. The van der Waals surface area contributed by atoms with E-state index in [1.165, 1.54) is 0 Å². The molecule has 3 N–H and O–H groups in total. The molecule has 1 atom stereocenters. The van der Waals surface area contributed by atoms with Crippen LogP contribution in [0.5, 0.6) is 0 Å². The van der Waals surface area contributed by atoms with Gasteiger partial charge in [-0.2, -0.15) is 0 Å². The summed E-state index contributed by atoms with van der Waals surface area (Å²) in [7, 11) is 0. The summed E-state index contributed by atoms with van der Waals surface area (Å²) in [4.78, 5) is 11.5. The number of nitrogens with two attached hydrogens (primary N) is 1. The number of hydrogen-bond donors (Lipinski definition) is 2. The molecule has 1 rings (SSSR count). The van der Waals surface area contributed by atoms with Gasteiger partial charge in [0.1, 0.15) is 0 Å². The summed E-state index contributed by atoms with van der Waals surface area (Å²) in [5, 5.41) is 2.83. The van der Waals surface area contributed by atoms with Gasteiger partial charge in [-0.15, -0.1) is 0 Å². The fourth-order valence-electron chi connectivity index (χ4n) is 1.00. The fourth-order valence-corrected chi connectivity index (χ4v) is 1.00. The van der Waals surface area contributed by atoms with Crippen LogP contribution in [-0.4, -0.2) is 31.2 Å². The van der Waals surface area contributed by atoms with E-state index in [1.54, 1.807) is 0 Å². The van der Waals surface area contributed by atoms with Crippen LogP contribution in [0.15, 0.2) is 0 Å². The highest BCUT2D eigenvalue weighted by Crippen LogP contribution is 2.17. The third kappa shape index (κ3) is 2.67. The molecule has 4 heteroatoms. The van der Waals surface area contributed by atoms with Gasteiger partial charge in [-0.3, -0.25) is 4.79 Å². The number of ether oxygens (including phenoxy) is 1. The van der Waals surface area contributed by atoms with E-state index in [4.69, 9.17) is 10.5 Å². The molecule has 0 bridgehead atoms. The van der Waals surface area contributed by atoms with Gasteiger partial charge in [0.25, 0.3) is 0 Å². The molecule has 0 spiro atoms. The number of rotatable bonds is 2. The van der Waals surface area contributed by atoms with Crippen molar-refractivity contribution in [3.63, 3.8) is 0 Å². The molecule has 1 aliphatic rings. The van der Waals surface area contributed by atoms with E-state index < -0.39 is 6.04 Å². The van der Waals surface area contributed by atoms with Gasteiger partial charge in [0, 0.05) is 0 Å². The molecule has 0 aromatic heterocycles. The fraction of sp³-hybridized carbons (Fsp3) is 0.889. The maximum absolute atomic E-state index is 11.5. The lowest BCUT2D eigenvalue weighted by atomic mass is 9.87. The Morgan fingerprint density at radius 3 is 2.38 bits per heavy atom. The van der Waals surface area contributed by atoms with Crippen LogP contribution in [0.2, 0.25) is 0 Å². The molecule has 0 radical (unpaired) electrons. The Labute approximate surface area is 78.8 Å². The maximum Gasteiger partial charge on any atom is 0.237 e. The molecule has 1 fully saturated rings. The number of hydrogen-bond acceptors (Lipinski definition) is 3. The molecule has 0 aliphatic carbocycles. The topological polar surface area (TPSA) is 64.4 Å². The Hall–Kier alpha value is -0.610. The van der Waals surface area contributed by atoms with Crippen LogP contribution in [0, 0.1) is 5.41 Å². The molecule has 0 saturated carbocycles. The number of carbonyl (C=O) groups is 1. The third-order valence-corrected chi connectivity index (χ3v) is 2.20. The molecule has 0 aromatic carbocycles. The molecule has 13 heavy (non-hydrogen) atoms. The molecule has 4 nitrogen and oxygen atoms in total. The number of amides is 1. The van der Waals surface area contributed by atoms with Gasteiger partial charge in [-0.05, 0) is 5.41 Å². The standard InChI is InChI=1S/C9H18N2O2/c1-9(2,3)7(10)8(12)11-6-4-13-5-6/h6-7H,4-5,10H2,1-3H3,(H,11,12)/t7-/m1/s1. The van der Waals surface area contributed by atoms with Crippen molar-refractivity contribution in [3.8, 4) is 0 Å².